The fourth-order valence-electron chi connectivity index (χ4n) is 0. The van der Waals surface area contributed by atoms with Gasteiger partial charge in [0, 0.05) is 101 Å². The minimum atomic E-state index is 0. The van der Waals surface area contributed by atoms with E-state index < -0.39 is 0 Å². The first-order chi connectivity index (χ1) is 0. The predicted octanol–water partition coefficient (Wildman–Crippen LogP) is -1.65. The molecule has 0 amide bonds. The van der Waals surface area contributed by atoms with Crippen LogP contribution >= 0.6 is 0 Å². The van der Waals surface area contributed by atoms with E-state index in [-0.39, 0.29) is 112 Å². The van der Waals surface area contributed by atoms with E-state index in [0.717, 1.165) is 0 Å². The van der Waals surface area contributed by atoms with Gasteiger partial charge in [-0.25, -0.2) is 0 Å². The second-order valence-corrected chi connectivity index (χ2v) is 0. The summed E-state index contributed by atoms with van der Waals surface area (Å²) in [6.45, 7) is 0. The van der Waals surface area contributed by atoms with Crippen LogP contribution in [0.5, 0.6) is 0 Å². The van der Waals surface area contributed by atoms with Crippen LogP contribution in [-0.4, -0.2) is 11.0 Å². The van der Waals surface area contributed by atoms with E-state index >= 15 is 0 Å². The molecule has 0 aliphatic rings. The van der Waals surface area contributed by atoms with Gasteiger partial charge in [0.05, 0.1) is 0 Å². The molecule has 0 saturated heterocycles. The summed E-state index contributed by atoms with van der Waals surface area (Å²) in [4.78, 5) is 0. The minimum absolute atomic E-state index is 0. The van der Waals surface area contributed by atoms with Gasteiger partial charge in [-0.1, -0.05) is 0 Å². The standard InChI is InChI=1S/Ce.2H2O.Y.Zr/h;2*1H2;;. The van der Waals surface area contributed by atoms with E-state index in [1.807, 2.05) is 0 Å². The molecular formula is H4CeO2YZr. The van der Waals surface area contributed by atoms with Gasteiger partial charge < -0.3 is 11.0 Å². The van der Waals surface area contributed by atoms with Gasteiger partial charge in [-0.05, 0) is 0 Å². The third kappa shape index (κ3) is 18.9. The van der Waals surface area contributed by atoms with Crippen molar-refractivity contribution in [3.05, 3.63) is 0 Å². The van der Waals surface area contributed by atoms with E-state index in [9.17, 15) is 0 Å². The molecule has 0 aromatic rings. The Kier molecular flexibility index (Phi) is 217. The maximum Gasteiger partial charge on any atom is 0 e. The Hall–Kier alpha value is 3.28. The maximum absolute atomic E-state index is 0. The summed E-state index contributed by atoms with van der Waals surface area (Å²) in [6.07, 6.45) is 0. The third-order valence-corrected chi connectivity index (χ3v) is 0. The molecule has 0 aromatic heterocycles. The molecule has 1 radical (unpaired) electrons. The van der Waals surface area contributed by atoms with Gasteiger partial charge in [0.1, 0.15) is 0 Å². The van der Waals surface area contributed by atoms with Gasteiger partial charge in [0.2, 0.25) is 0 Å². The average Bonchev–Trinajstić information content (AvgIpc) is 0. The summed E-state index contributed by atoms with van der Waals surface area (Å²) in [5.41, 5.74) is 0. The molecule has 0 rings (SSSR count). The smallest absolute Gasteiger partial charge is 0 e. The molecule has 0 aliphatic carbocycles. The Balaban J connectivity index is 0. The van der Waals surface area contributed by atoms with Crippen molar-refractivity contribution < 1.29 is 112 Å². The molecule has 0 aliphatic heterocycles. The normalized spacial score (nSPS) is 0. The van der Waals surface area contributed by atoms with Crippen LogP contribution in [0.3, 0.4) is 0 Å². The zero-order chi connectivity index (χ0) is 0. The van der Waals surface area contributed by atoms with Crippen LogP contribution < -0.4 is 0 Å². The summed E-state index contributed by atoms with van der Waals surface area (Å²) in [7, 11) is 0. The fourth-order valence-corrected chi connectivity index (χ4v) is 0. The van der Waals surface area contributed by atoms with Crippen molar-refractivity contribution in [3.63, 3.8) is 0 Å². The van der Waals surface area contributed by atoms with E-state index in [4.69, 9.17) is 0 Å². The fraction of sp³-hybridized carbons (Fsp3) is 0. The summed E-state index contributed by atoms with van der Waals surface area (Å²) in [6, 6.07) is 0. The van der Waals surface area contributed by atoms with Crippen molar-refractivity contribution in [2.75, 3.05) is 0 Å². The van der Waals surface area contributed by atoms with Crippen LogP contribution in [0, 0.1) is 41.7 Å². The molecule has 5 heteroatoms. The van der Waals surface area contributed by atoms with Crippen LogP contribution in [-0.2, 0) is 58.9 Å². The molecule has 0 atom stereocenters. The second-order valence-electron chi connectivity index (χ2n) is 0. The Morgan fingerprint density at radius 2 is 0.800 bits per heavy atom. The number of hydrogen-bond donors (Lipinski definition) is 0. The molecule has 0 heterocycles. The zero-order valence-corrected chi connectivity index (χ0v) is 11.0. The summed E-state index contributed by atoms with van der Waals surface area (Å²) >= 11 is 0. The van der Waals surface area contributed by atoms with Crippen molar-refractivity contribution in [1.29, 1.82) is 0 Å². The first-order valence-corrected chi connectivity index (χ1v) is 0. The van der Waals surface area contributed by atoms with Crippen molar-refractivity contribution >= 4 is 0 Å². The number of rotatable bonds is 0. The third-order valence-electron chi connectivity index (χ3n) is 0. The van der Waals surface area contributed by atoms with Gasteiger partial charge in [0.25, 0.3) is 0 Å². The molecule has 0 fully saturated rings. The SMILES string of the molecule is O.O.[Ce].[Y].[Zr]. The molecular weight excluding hydrogens is 352 g/mol. The molecule has 0 bridgehead atoms. The van der Waals surface area contributed by atoms with E-state index in [0.29, 0.717) is 0 Å². The quantitative estimate of drug-likeness (QED) is 0.499. The monoisotopic (exact) mass is 355 g/mol. The Labute approximate surface area is 109 Å². The molecule has 0 spiro atoms. The zero-order valence-electron chi connectivity index (χ0n) is 2.58. The van der Waals surface area contributed by atoms with Crippen molar-refractivity contribution in [2.45, 2.75) is 0 Å². The van der Waals surface area contributed by atoms with Crippen LogP contribution in [0.4, 0.5) is 0 Å². The first kappa shape index (κ1) is 40.8. The van der Waals surface area contributed by atoms with Gasteiger partial charge >= 0.3 is 0 Å². The molecule has 5 heavy (non-hydrogen) atoms. The predicted molar refractivity (Wildman–Crippen MR) is 7.23 cm³/mol. The average molecular weight is 356 g/mol. The molecule has 0 unspecified atom stereocenters. The molecule has 0 aromatic carbocycles. The van der Waals surface area contributed by atoms with Crippen LogP contribution in [0.25, 0.3) is 0 Å². The van der Waals surface area contributed by atoms with Crippen LogP contribution in [0.15, 0.2) is 0 Å². The van der Waals surface area contributed by atoms with E-state index in [1.165, 1.54) is 0 Å². The van der Waals surface area contributed by atoms with E-state index in [1.54, 1.807) is 0 Å². The second kappa shape index (κ2) is 26.7. The summed E-state index contributed by atoms with van der Waals surface area (Å²) in [5.74, 6) is 0. The van der Waals surface area contributed by atoms with E-state index in [2.05, 4.69) is 0 Å². The van der Waals surface area contributed by atoms with Gasteiger partial charge in [-0.2, -0.15) is 0 Å². The van der Waals surface area contributed by atoms with Crippen molar-refractivity contribution in [1.82, 2.24) is 0 Å². The first-order valence-electron chi connectivity index (χ1n) is 0. The Bertz CT molecular complexity index is 9.61. The molecule has 27 valence electrons. The summed E-state index contributed by atoms with van der Waals surface area (Å²) in [5, 5.41) is 0. The Morgan fingerprint density at radius 1 is 0.800 bits per heavy atom. The van der Waals surface area contributed by atoms with Crippen molar-refractivity contribution in [2.24, 2.45) is 0 Å². The van der Waals surface area contributed by atoms with Crippen molar-refractivity contribution in [3.8, 4) is 0 Å². The van der Waals surface area contributed by atoms with Crippen LogP contribution in [0.1, 0.15) is 0 Å². The minimum Gasteiger partial charge on any atom is -0.412 e. The largest absolute Gasteiger partial charge is 0.412 e. The van der Waals surface area contributed by atoms with Gasteiger partial charge in [-0.15, -0.1) is 0 Å². The topological polar surface area (TPSA) is 63.0 Å². The maximum atomic E-state index is 0. The summed E-state index contributed by atoms with van der Waals surface area (Å²) < 4.78 is 0. The molecule has 4 N–H and O–H groups in total. The van der Waals surface area contributed by atoms with Gasteiger partial charge in [0.15, 0.2) is 0 Å². The van der Waals surface area contributed by atoms with Crippen LogP contribution in [0.2, 0.25) is 0 Å². The number of hydrogen-bond acceptors (Lipinski definition) is 0. The van der Waals surface area contributed by atoms with Gasteiger partial charge in [-0.3, -0.25) is 0 Å². The molecule has 2 nitrogen and oxygen atoms in total. The molecule has 0 saturated carbocycles. The Morgan fingerprint density at radius 3 is 0.800 bits per heavy atom.